The van der Waals surface area contributed by atoms with E-state index in [0.29, 0.717) is 27.8 Å². The molecular formula is C23H22ClFN2O2. The van der Waals surface area contributed by atoms with Gasteiger partial charge >= 0.3 is 0 Å². The summed E-state index contributed by atoms with van der Waals surface area (Å²) in [6.07, 6.45) is 0. The van der Waals surface area contributed by atoms with Crippen molar-refractivity contribution in [2.45, 2.75) is 13.5 Å². The van der Waals surface area contributed by atoms with Gasteiger partial charge in [-0.25, -0.2) is 4.39 Å². The van der Waals surface area contributed by atoms with Crippen molar-refractivity contribution in [3.8, 4) is 11.5 Å². The molecule has 150 valence electrons. The van der Waals surface area contributed by atoms with Crippen molar-refractivity contribution in [3.05, 3.63) is 88.7 Å². The Hall–Kier alpha value is -2.89. The molecule has 0 aliphatic carbocycles. The van der Waals surface area contributed by atoms with Crippen molar-refractivity contribution in [2.75, 3.05) is 18.9 Å². The maximum atomic E-state index is 14.0. The van der Waals surface area contributed by atoms with E-state index in [4.69, 9.17) is 16.3 Å². The molecule has 4 nitrogen and oxygen atoms in total. The van der Waals surface area contributed by atoms with Crippen LogP contribution in [-0.4, -0.2) is 24.4 Å². The number of ether oxygens (including phenoxy) is 1. The third kappa shape index (κ3) is 5.79. The lowest BCUT2D eigenvalue weighted by molar-refractivity contribution is -0.117. The average Bonchev–Trinajstić information content (AvgIpc) is 2.68. The number of nitrogens with zero attached hydrogens (tertiary/aromatic N) is 1. The van der Waals surface area contributed by atoms with E-state index in [1.165, 1.54) is 6.07 Å². The van der Waals surface area contributed by atoms with Crippen molar-refractivity contribution in [2.24, 2.45) is 0 Å². The fraction of sp³-hybridized carbons (Fsp3) is 0.174. The van der Waals surface area contributed by atoms with Gasteiger partial charge in [-0.2, -0.15) is 0 Å². The second-order valence-electron chi connectivity index (χ2n) is 6.83. The van der Waals surface area contributed by atoms with E-state index >= 15 is 0 Å². The van der Waals surface area contributed by atoms with Gasteiger partial charge in [0.15, 0.2) is 5.75 Å². The van der Waals surface area contributed by atoms with Gasteiger partial charge in [0.1, 0.15) is 11.6 Å². The normalized spacial score (nSPS) is 10.8. The Bertz CT molecular complexity index is 972. The fourth-order valence-corrected chi connectivity index (χ4v) is 3.06. The van der Waals surface area contributed by atoms with Gasteiger partial charge in [0.05, 0.1) is 12.2 Å². The Morgan fingerprint density at radius 1 is 1.07 bits per heavy atom. The molecule has 0 aliphatic rings. The molecule has 0 saturated heterocycles. The predicted molar refractivity (Wildman–Crippen MR) is 114 cm³/mol. The number of para-hydroxylation sites is 2. The van der Waals surface area contributed by atoms with E-state index in [1.54, 1.807) is 36.2 Å². The van der Waals surface area contributed by atoms with Crippen molar-refractivity contribution >= 4 is 23.2 Å². The van der Waals surface area contributed by atoms with Crippen molar-refractivity contribution < 1.29 is 13.9 Å². The summed E-state index contributed by atoms with van der Waals surface area (Å²) in [6.45, 7) is 2.30. The zero-order valence-corrected chi connectivity index (χ0v) is 17.0. The van der Waals surface area contributed by atoms with Gasteiger partial charge in [-0.05, 0) is 50.4 Å². The lowest BCUT2D eigenvalue weighted by atomic mass is 10.2. The van der Waals surface area contributed by atoms with Crippen LogP contribution in [0.3, 0.4) is 0 Å². The smallest absolute Gasteiger partial charge is 0.238 e. The van der Waals surface area contributed by atoms with Crippen molar-refractivity contribution in [1.82, 2.24) is 4.90 Å². The van der Waals surface area contributed by atoms with E-state index < -0.39 is 0 Å². The molecule has 0 saturated carbocycles. The van der Waals surface area contributed by atoms with Gasteiger partial charge in [0.25, 0.3) is 0 Å². The summed E-state index contributed by atoms with van der Waals surface area (Å²) in [5, 5.41) is 3.20. The molecule has 0 unspecified atom stereocenters. The first kappa shape index (κ1) is 20.8. The van der Waals surface area contributed by atoms with Crippen LogP contribution in [0.2, 0.25) is 5.02 Å². The van der Waals surface area contributed by atoms with E-state index in [-0.39, 0.29) is 24.8 Å². The molecule has 0 bridgehead atoms. The molecule has 0 atom stereocenters. The maximum Gasteiger partial charge on any atom is 0.238 e. The summed E-state index contributed by atoms with van der Waals surface area (Å²) in [7, 11) is 1.73. The Morgan fingerprint density at radius 3 is 2.52 bits per heavy atom. The lowest BCUT2D eigenvalue weighted by Gasteiger charge is -2.18. The van der Waals surface area contributed by atoms with E-state index in [2.05, 4.69) is 5.32 Å². The highest BCUT2D eigenvalue weighted by Crippen LogP contribution is 2.29. The molecular weight excluding hydrogens is 391 g/mol. The number of benzene rings is 3. The van der Waals surface area contributed by atoms with Crippen LogP contribution in [-0.2, 0) is 11.3 Å². The highest BCUT2D eigenvalue weighted by Gasteiger charge is 2.14. The van der Waals surface area contributed by atoms with Crippen LogP contribution >= 0.6 is 11.6 Å². The second-order valence-corrected chi connectivity index (χ2v) is 7.24. The highest BCUT2D eigenvalue weighted by atomic mass is 35.5. The van der Waals surface area contributed by atoms with Crippen LogP contribution in [0, 0.1) is 12.7 Å². The Morgan fingerprint density at radius 2 is 1.79 bits per heavy atom. The number of nitrogens with one attached hydrogen (secondary N) is 1. The van der Waals surface area contributed by atoms with Crippen LogP contribution in [0.4, 0.5) is 10.1 Å². The van der Waals surface area contributed by atoms with Crippen molar-refractivity contribution in [1.29, 1.82) is 0 Å². The van der Waals surface area contributed by atoms with E-state index in [0.717, 1.165) is 5.56 Å². The van der Waals surface area contributed by atoms with Crippen LogP contribution in [0.25, 0.3) is 0 Å². The molecule has 3 rings (SSSR count). The van der Waals surface area contributed by atoms with Gasteiger partial charge in [-0.3, -0.25) is 9.69 Å². The topological polar surface area (TPSA) is 41.6 Å². The van der Waals surface area contributed by atoms with E-state index in [9.17, 15) is 9.18 Å². The van der Waals surface area contributed by atoms with Crippen LogP contribution in [0.15, 0.2) is 66.7 Å². The number of carbonyl (C=O) groups excluding carboxylic acids is 1. The van der Waals surface area contributed by atoms with Gasteiger partial charge in [0, 0.05) is 17.1 Å². The second kappa shape index (κ2) is 9.54. The summed E-state index contributed by atoms with van der Waals surface area (Å²) in [5.74, 6) is 0.606. The Labute approximate surface area is 174 Å². The molecule has 0 radical (unpaired) electrons. The first-order chi connectivity index (χ1) is 13.9. The largest absolute Gasteiger partial charge is 0.455 e. The first-order valence-corrected chi connectivity index (χ1v) is 9.55. The van der Waals surface area contributed by atoms with Crippen LogP contribution in [0.5, 0.6) is 11.5 Å². The monoisotopic (exact) mass is 412 g/mol. The van der Waals surface area contributed by atoms with Gasteiger partial charge in [0.2, 0.25) is 5.91 Å². The van der Waals surface area contributed by atoms with Crippen LogP contribution < -0.4 is 10.1 Å². The average molecular weight is 413 g/mol. The number of hydrogen-bond acceptors (Lipinski definition) is 3. The minimum absolute atomic E-state index is 0.0729. The highest BCUT2D eigenvalue weighted by molar-refractivity contribution is 6.31. The quantitative estimate of drug-likeness (QED) is 0.545. The molecule has 0 fully saturated rings. The first-order valence-electron chi connectivity index (χ1n) is 9.17. The number of amides is 1. The molecule has 1 N–H and O–H groups in total. The van der Waals surface area contributed by atoms with Crippen molar-refractivity contribution in [3.63, 3.8) is 0 Å². The predicted octanol–water partition coefficient (Wildman–Crippen LogP) is 5.65. The van der Waals surface area contributed by atoms with Gasteiger partial charge in [-0.1, -0.05) is 47.5 Å². The zero-order chi connectivity index (χ0) is 20.8. The molecule has 29 heavy (non-hydrogen) atoms. The zero-order valence-electron chi connectivity index (χ0n) is 16.3. The Balaban J connectivity index is 1.64. The van der Waals surface area contributed by atoms with E-state index in [1.807, 2.05) is 43.3 Å². The number of rotatable bonds is 7. The number of hydrogen-bond donors (Lipinski definition) is 1. The number of anilines is 1. The number of carbonyl (C=O) groups is 1. The molecule has 0 aromatic heterocycles. The molecule has 6 heteroatoms. The molecule has 1 amide bonds. The molecule has 0 spiro atoms. The minimum atomic E-state index is -0.387. The molecule has 3 aromatic rings. The third-order valence-electron chi connectivity index (χ3n) is 4.31. The van der Waals surface area contributed by atoms with Gasteiger partial charge < -0.3 is 10.1 Å². The summed E-state index contributed by atoms with van der Waals surface area (Å²) >= 11 is 6.06. The summed E-state index contributed by atoms with van der Waals surface area (Å²) in [6, 6.07) is 19.4. The summed E-state index contributed by atoms with van der Waals surface area (Å²) < 4.78 is 19.9. The number of aryl methyl sites for hydroxylation is 1. The Kier molecular flexibility index (Phi) is 6.86. The third-order valence-corrected chi connectivity index (χ3v) is 4.67. The lowest BCUT2D eigenvalue weighted by Crippen LogP contribution is -2.30. The SMILES string of the molecule is Cc1ccc(Oc2ccccc2NC(=O)CN(C)Cc2c(F)cccc2Cl)cc1. The summed E-state index contributed by atoms with van der Waals surface area (Å²) in [4.78, 5) is 14.2. The number of likely N-dealkylation sites (N-methyl/N-ethyl adjacent to an activating group) is 1. The standard InChI is InChI=1S/C23H22ClFN2O2/c1-16-10-12-17(13-11-16)29-22-9-4-3-8-21(22)26-23(28)15-27(2)14-18-19(24)6-5-7-20(18)25/h3-13H,14-15H2,1-2H3,(H,26,28). The van der Waals surface area contributed by atoms with Gasteiger partial charge in [-0.15, -0.1) is 0 Å². The number of halogens is 2. The minimum Gasteiger partial charge on any atom is -0.455 e. The molecule has 0 aliphatic heterocycles. The van der Waals surface area contributed by atoms with Crippen LogP contribution in [0.1, 0.15) is 11.1 Å². The fourth-order valence-electron chi connectivity index (χ4n) is 2.84. The molecule has 0 heterocycles. The molecule has 3 aromatic carbocycles. The summed E-state index contributed by atoms with van der Waals surface area (Å²) in [5.41, 5.74) is 2.07. The maximum absolute atomic E-state index is 14.0.